The van der Waals surface area contributed by atoms with Crippen molar-refractivity contribution in [1.29, 1.82) is 0 Å². The number of benzene rings is 1. The van der Waals surface area contributed by atoms with Crippen molar-refractivity contribution in [2.75, 3.05) is 12.0 Å². The topological polar surface area (TPSA) is 122 Å². The molecule has 4 rings (SSSR count). The van der Waals surface area contributed by atoms with Crippen molar-refractivity contribution >= 4 is 35.2 Å². The summed E-state index contributed by atoms with van der Waals surface area (Å²) in [4.78, 5) is 52.3. The van der Waals surface area contributed by atoms with Gasteiger partial charge in [0.2, 0.25) is 11.8 Å². The number of nitro benzene ring substituents is 1. The maximum atomic E-state index is 13.6. The molecule has 10 nitrogen and oxygen atoms in total. The van der Waals surface area contributed by atoms with E-state index >= 15 is 0 Å². The number of aryl methyl sites for hydroxylation is 1. The molecule has 4 atom stereocenters. The number of hydrogen-bond donors (Lipinski definition) is 0. The number of rotatable bonds is 4. The van der Waals surface area contributed by atoms with E-state index in [2.05, 4.69) is 5.10 Å². The minimum Gasteiger partial charge on any atom is -0.490 e. The molecule has 32 heavy (non-hydrogen) atoms. The molecule has 2 amide bonds. The number of hydrazone groups is 1. The van der Waals surface area contributed by atoms with Gasteiger partial charge in [0.25, 0.3) is 0 Å². The predicted octanol–water partition coefficient (Wildman–Crippen LogP) is 2.24. The number of nitro groups is 1. The molecular weight excluding hydrogens is 416 g/mol. The largest absolute Gasteiger partial charge is 0.490 e. The summed E-state index contributed by atoms with van der Waals surface area (Å²) in [7, 11) is 1.28. The Morgan fingerprint density at radius 2 is 1.84 bits per heavy atom. The fourth-order valence-corrected chi connectivity index (χ4v) is 4.73. The third kappa shape index (κ3) is 3.01. The van der Waals surface area contributed by atoms with Crippen LogP contribution < -0.4 is 9.64 Å². The zero-order chi connectivity index (χ0) is 23.5. The maximum Gasteiger partial charge on any atom is 0.311 e. The number of imide groups is 1. The number of carbonyl (C=O) groups is 3. The highest BCUT2D eigenvalue weighted by Gasteiger charge is 2.65. The molecule has 3 heterocycles. The molecule has 10 heteroatoms. The summed E-state index contributed by atoms with van der Waals surface area (Å²) in [6.45, 7) is 6.90. The van der Waals surface area contributed by atoms with Crippen LogP contribution in [0.4, 0.5) is 11.4 Å². The van der Waals surface area contributed by atoms with Crippen molar-refractivity contribution in [3.05, 3.63) is 40.0 Å². The van der Waals surface area contributed by atoms with Gasteiger partial charge in [-0.1, -0.05) is 26.8 Å². The Hall–Kier alpha value is -3.56. The van der Waals surface area contributed by atoms with Crippen LogP contribution in [0.25, 0.3) is 0 Å². The number of anilines is 1. The average molecular weight is 440 g/mol. The number of amides is 2. The number of ether oxygens (including phenoxy) is 1. The Morgan fingerprint density at radius 3 is 2.44 bits per heavy atom. The number of fused-ring (bicyclic) bond motifs is 3. The van der Waals surface area contributed by atoms with Crippen LogP contribution in [0.5, 0.6) is 5.75 Å². The first-order chi connectivity index (χ1) is 15.0. The first kappa shape index (κ1) is 21.7. The summed E-state index contributed by atoms with van der Waals surface area (Å²) < 4.78 is 5.13. The highest BCUT2D eigenvalue weighted by Crippen LogP contribution is 2.48. The lowest BCUT2D eigenvalue weighted by Crippen LogP contribution is -2.49. The smallest absolute Gasteiger partial charge is 0.311 e. The highest BCUT2D eigenvalue weighted by molar-refractivity contribution is 6.24. The van der Waals surface area contributed by atoms with Crippen molar-refractivity contribution in [2.24, 2.45) is 22.4 Å². The fraction of sp³-hybridized carbons (Fsp3) is 0.455. The Bertz CT molecular complexity index is 1100. The van der Waals surface area contributed by atoms with Crippen LogP contribution in [-0.4, -0.2) is 52.9 Å². The van der Waals surface area contributed by atoms with Crippen LogP contribution >= 0.6 is 0 Å². The lowest BCUT2D eigenvalue weighted by atomic mass is 9.80. The summed E-state index contributed by atoms with van der Waals surface area (Å²) >= 11 is 0. The maximum absolute atomic E-state index is 13.6. The quantitative estimate of drug-likeness (QED) is 0.400. The first-order valence-corrected chi connectivity index (χ1v) is 10.2. The van der Waals surface area contributed by atoms with Gasteiger partial charge in [-0.3, -0.25) is 29.5 Å². The number of allylic oxidation sites excluding steroid dienone is 1. The van der Waals surface area contributed by atoms with Crippen LogP contribution in [0.1, 0.15) is 26.3 Å². The Labute approximate surface area is 184 Å². The molecule has 3 aliphatic rings. The Balaban J connectivity index is 1.82. The van der Waals surface area contributed by atoms with Gasteiger partial charge >= 0.3 is 5.69 Å². The van der Waals surface area contributed by atoms with E-state index in [0.717, 1.165) is 4.90 Å². The molecule has 3 aliphatic heterocycles. The monoisotopic (exact) mass is 440 g/mol. The summed E-state index contributed by atoms with van der Waals surface area (Å²) in [6.07, 6.45) is 5.01. The minimum absolute atomic E-state index is 0.0561. The first-order valence-electron chi connectivity index (χ1n) is 10.2. The second-order valence-corrected chi connectivity index (χ2v) is 9.21. The van der Waals surface area contributed by atoms with Crippen LogP contribution in [0.15, 0.2) is 29.4 Å². The van der Waals surface area contributed by atoms with Crippen LogP contribution in [0.3, 0.4) is 0 Å². The molecule has 1 aromatic rings. The predicted molar refractivity (Wildman–Crippen MR) is 115 cm³/mol. The number of methoxy groups -OCH3 is 1. The number of Topliss-reactive ketones (excluding diaryl/α,β-unsaturated/α-hetero) is 1. The van der Waals surface area contributed by atoms with Crippen molar-refractivity contribution in [3.8, 4) is 5.75 Å². The van der Waals surface area contributed by atoms with E-state index in [1.54, 1.807) is 51.1 Å². The van der Waals surface area contributed by atoms with Gasteiger partial charge < -0.3 is 4.74 Å². The molecule has 0 aliphatic carbocycles. The number of nitrogens with zero attached hydrogens (tertiary/aromatic N) is 4. The van der Waals surface area contributed by atoms with E-state index in [9.17, 15) is 24.5 Å². The van der Waals surface area contributed by atoms with E-state index < -0.39 is 46.1 Å². The second kappa shape index (κ2) is 7.25. The van der Waals surface area contributed by atoms with E-state index in [1.165, 1.54) is 19.2 Å². The molecular formula is C22H24N4O6. The molecule has 0 radical (unpaired) electrons. The van der Waals surface area contributed by atoms with Crippen molar-refractivity contribution in [3.63, 3.8) is 0 Å². The van der Waals surface area contributed by atoms with Gasteiger partial charge in [-0.2, -0.15) is 5.10 Å². The van der Waals surface area contributed by atoms with E-state index in [1.807, 2.05) is 0 Å². The zero-order valence-electron chi connectivity index (χ0n) is 18.4. The summed E-state index contributed by atoms with van der Waals surface area (Å²) in [5.41, 5.74) is -0.408. The van der Waals surface area contributed by atoms with Gasteiger partial charge in [-0.15, -0.1) is 0 Å². The number of carbonyl (C=O) groups excluding carboxylic acids is 3. The zero-order valence-corrected chi connectivity index (χ0v) is 18.4. The molecule has 1 aromatic carbocycles. The SMILES string of the molecule is COc1cc(N2C(=O)[C@@H]3[C@H](C2=O)[C@@H](C(=O)C(C)(C)C)N2N=CC=C[C@@H]32)c(C)cc1[N+](=O)[O-]. The second-order valence-electron chi connectivity index (χ2n) is 9.21. The van der Waals surface area contributed by atoms with Gasteiger partial charge in [-0.05, 0) is 18.6 Å². The fourth-order valence-electron chi connectivity index (χ4n) is 4.73. The highest BCUT2D eigenvalue weighted by atomic mass is 16.6. The Morgan fingerprint density at radius 1 is 1.19 bits per heavy atom. The Kier molecular flexibility index (Phi) is 4.91. The number of ketones is 1. The van der Waals surface area contributed by atoms with Gasteiger partial charge in [-0.25, -0.2) is 4.90 Å². The third-order valence-electron chi connectivity index (χ3n) is 6.23. The van der Waals surface area contributed by atoms with Gasteiger partial charge in [0.1, 0.15) is 6.04 Å². The molecule has 0 unspecified atom stereocenters. The molecule has 0 aromatic heterocycles. The molecule has 0 spiro atoms. The van der Waals surface area contributed by atoms with Crippen molar-refractivity contribution in [2.45, 2.75) is 39.8 Å². The minimum atomic E-state index is -0.903. The van der Waals surface area contributed by atoms with Crippen LogP contribution in [0, 0.1) is 34.3 Å². The molecule has 2 fully saturated rings. The lowest BCUT2D eigenvalue weighted by molar-refractivity contribution is -0.385. The summed E-state index contributed by atoms with van der Waals surface area (Å²) in [6, 6.07) is 1.20. The molecule has 0 saturated carbocycles. The molecule has 0 N–H and O–H groups in total. The molecule has 0 bridgehead atoms. The van der Waals surface area contributed by atoms with E-state index in [0.29, 0.717) is 5.56 Å². The average Bonchev–Trinajstić information content (AvgIpc) is 3.19. The standard InChI is InChI=1S/C22H24N4O6/c1-11-9-14(26(30)31)15(32-5)10-13(11)24-20(28)16-12-7-6-8-23-25(12)18(17(16)21(24)29)19(27)22(2,3)4/h6-10,12,16-18H,1-5H3/t12-,16-,17-,18-/m0/s1. The van der Waals surface area contributed by atoms with Crippen molar-refractivity contribution in [1.82, 2.24) is 5.01 Å². The third-order valence-corrected chi connectivity index (χ3v) is 6.23. The van der Waals surface area contributed by atoms with Gasteiger partial charge in [0.15, 0.2) is 11.5 Å². The number of hydrogen-bond acceptors (Lipinski definition) is 8. The molecule has 2 saturated heterocycles. The molecule has 168 valence electrons. The summed E-state index contributed by atoms with van der Waals surface area (Å²) in [5.74, 6) is -2.89. The van der Waals surface area contributed by atoms with Gasteiger partial charge in [0.05, 0.1) is 35.6 Å². The van der Waals surface area contributed by atoms with E-state index in [-0.39, 0.29) is 22.9 Å². The van der Waals surface area contributed by atoms with E-state index in [4.69, 9.17) is 4.74 Å². The summed E-state index contributed by atoms with van der Waals surface area (Å²) in [5, 5.41) is 17.2. The van der Waals surface area contributed by atoms with Gasteiger partial charge in [0, 0.05) is 23.8 Å². The normalized spacial score (nSPS) is 26.4. The van der Waals surface area contributed by atoms with Crippen LogP contribution in [-0.2, 0) is 14.4 Å². The van der Waals surface area contributed by atoms with Crippen LogP contribution in [0.2, 0.25) is 0 Å². The lowest BCUT2D eigenvalue weighted by Gasteiger charge is -2.33. The van der Waals surface area contributed by atoms with Crippen molar-refractivity contribution < 1.29 is 24.0 Å².